The molecule has 0 aliphatic rings. The molecule has 0 fully saturated rings. The van der Waals surface area contributed by atoms with Gasteiger partial charge in [0.1, 0.15) is 5.75 Å². The van der Waals surface area contributed by atoms with E-state index in [1.165, 1.54) is 10.1 Å². The fourth-order valence-electron chi connectivity index (χ4n) is 2.80. The van der Waals surface area contributed by atoms with Crippen molar-refractivity contribution in [3.05, 3.63) is 65.5 Å². The Labute approximate surface area is 153 Å². The van der Waals surface area contributed by atoms with Crippen LogP contribution in [0.2, 0.25) is 0 Å². The van der Waals surface area contributed by atoms with Crippen LogP contribution in [0.5, 0.6) is 5.75 Å². The van der Waals surface area contributed by atoms with Gasteiger partial charge in [0.25, 0.3) is 5.91 Å². The second kappa shape index (κ2) is 8.00. The van der Waals surface area contributed by atoms with E-state index < -0.39 is 5.91 Å². The SMILES string of the molecule is CCCCNC(O)(Oc1ccccc1)C(C)c1cc2ccccc2s1. The summed E-state index contributed by atoms with van der Waals surface area (Å²) in [5.41, 5.74) is 0. The number of aliphatic hydroxyl groups is 1. The van der Waals surface area contributed by atoms with Gasteiger partial charge in [0, 0.05) is 16.1 Å². The Morgan fingerprint density at radius 1 is 1.12 bits per heavy atom. The molecule has 0 spiro atoms. The lowest BCUT2D eigenvalue weighted by Gasteiger charge is -2.34. The molecule has 3 rings (SSSR count). The third kappa shape index (κ3) is 4.21. The van der Waals surface area contributed by atoms with Gasteiger partial charge in [-0.1, -0.05) is 49.7 Å². The van der Waals surface area contributed by atoms with E-state index in [0.29, 0.717) is 12.3 Å². The quantitative estimate of drug-likeness (QED) is 0.435. The number of rotatable bonds is 8. The van der Waals surface area contributed by atoms with Gasteiger partial charge in [-0.25, -0.2) is 0 Å². The van der Waals surface area contributed by atoms with Crippen LogP contribution in [-0.4, -0.2) is 17.6 Å². The molecular formula is C21H25NO2S. The third-order valence-corrected chi connectivity index (χ3v) is 5.68. The highest BCUT2D eigenvalue weighted by atomic mass is 32.1. The smallest absolute Gasteiger partial charge is 0.275 e. The predicted molar refractivity (Wildman–Crippen MR) is 105 cm³/mol. The molecule has 0 saturated heterocycles. The molecule has 1 heterocycles. The zero-order valence-electron chi connectivity index (χ0n) is 14.7. The van der Waals surface area contributed by atoms with Crippen molar-refractivity contribution in [2.45, 2.75) is 38.5 Å². The van der Waals surface area contributed by atoms with Crippen LogP contribution < -0.4 is 10.1 Å². The van der Waals surface area contributed by atoms with E-state index in [1.807, 2.05) is 49.4 Å². The number of nitrogens with one attached hydrogen (secondary N) is 1. The molecule has 4 heteroatoms. The van der Waals surface area contributed by atoms with Crippen molar-refractivity contribution in [2.24, 2.45) is 0 Å². The van der Waals surface area contributed by atoms with Crippen LogP contribution >= 0.6 is 11.3 Å². The van der Waals surface area contributed by atoms with Crippen molar-refractivity contribution in [3.63, 3.8) is 0 Å². The Hall–Kier alpha value is -1.88. The second-order valence-electron chi connectivity index (χ2n) is 6.30. The first-order valence-electron chi connectivity index (χ1n) is 8.82. The van der Waals surface area contributed by atoms with E-state index in [2.05, 4.69) is 30.4 Å². The van der Waals surface area contributed by atoms with Gasteiger partial charge in [0.2, 0.25) is 0 Å². The number of unbranched alkanes of at least 4 members (excludes halogenated alkanes) is 1. The number of hydrogen-bond donors (Lipinski definition) is 2. The summed E-state index contributed by atoms with van der Waals surface area (Å²) in [4.78, 5) is 1.10. The van der Waals surface area contributed by atoms with Crippen molar-refractivity contribution in [3.8, 4) is 5.75 Å². The van der Waals surface area contributed by atoms with Gasteiger partial charge in [0.05, 0.1) is 5.92 Å². The molecule has 3 nitrogen and oxygen atoms in total. The summed E-state index contributed by atoms with van der Waals surface area (Å²) < 4.78 is 7.23. The van der Waals surface area contributed by atoms with Crippen LogP contribution in [0.4, 0.5) is 0 Å². The number of hydrogen-bond acceptors (Lipinski definition) is 4. The van der Waals surface area contributed by atoms with Crippen LogP contribution in [0, 0.1) is 0 Å². The van der Waals surface area contributed by atoms with Crippen LogP contribution in [0.25, 0.3) is 10.1 Å². The van der Waals surface area contributed by atoms with Crippen LogP contribution in [-0.2, 0) is 0 Å². The van der Waals surface area contributed by atoms with Crippen LogP contribution in [0.1, 0.15) is 37.5 Å². The Morgan fingerprint density at radius 2 is 1.84 bits per heavy atom. The molecule has 2 unspecified atom stereocenters. The fraction of sp³-hybridized carbons (Fsp3) is 0.333. The highest BCUT2D eigenvalue weighted by Crippen LogP contribution is 2.36. The molecule has 25 heavy (non-hydrogen) atoms. The largest absolute Gasteiger partial charge is 0.448 e. The zero-order valence-corrected chi connectivity index (χ0v) is 15.6. The first kappa shape index (κ1) is 17.9. The molecule has 2 atom stereocenters. The van der Waals surface area contributed by atoms with Gasteiger partial charge in [0.15, 0.2) is 0 Å². The van der Waals surface area contributed by atoms with Crippen molar-refractivity contribution in [1.82, 2.24) is 5.32 Å². The molecule has 1 aromatic heterocycles. The molecule has 0 aliphatic heterocycles. The predicted octanol–water partition coefficient (Wildman–Crippen LogP) is 5.12. The first-order valence-corrected chi connectivity index (χ1v) is 9.64. The lowest BCUT2D eigenvalue weighted by atomic mass is 10.0. The molecule has 3 aromatic rings. The molecule has 0 saturated carbocycles. The monoisotopic (exact) mass is 355 g/mol. The maximum Gasteiger partial charge on any atom is 0.275 e. The number of fused-ring (bicyclic) bond motifs is 1. The van der Waals surface area contributed by atoms with Gasteiger partial charge in [-0.2, -0.15) is 0 Å². The van der Waals surface area contributed by atoms with E-state index in [1.54, 1.807) is 11.3 Å². The lowest BCUT2D eigenvalue weighted by Crippen LogP contribution is -2.54. The van der Waals surface area contributed by atoms with E-state index >= 15 is 0 Å². The highest BCUT2D eigenvalue weighted by molar-refractivity contribution is 7.19. The molecule has 2 N–H and O–H groups in total. The van der Waals surface area contributed by atoms with E-state index in [9.17, 15) is 5.11 Å². The number of benzene rings is 2. The van der Waals surface area contributed by atoms with Gasteiger partial charge >= 0.3 is 0 Å². The van der Waals surface area contributed by atoms with Gasteiger partial charge in [-0.05, 0) is 43.0 Å². The standard InChI is InChI=1S/C21H25NO2S/c1-3-4-14-22-21(23,24-18-11-6-5-7-12-18)16(2)20-15-17-10-8-9-13-19(17)25-20/h5-13,15-16,22-23H,3-4,14H2,1-2H3. The highest BCUT2D eigenvalue weighted by Gasteiger charge is 2.38. The Kier molecular flexibility index (Phi) is 5.74. The normalized spacial score (nSPS) is 15.0. The lowest BCUT2D eigenvalue weighted by molar-refractivity contribution is -0.177. The molecule has 0 amide bonds. The average molecular weight is 356 g/mol. The summed E-state index contributed by atoms with van der Waals surface area (Å²) >= 11 is 1.70. The minimum Gasteiger partial charge on any atom is -0.448 e. The van der Waals surface area contributed by atoms with E-state index in [4.69, 9.17) is 4.74 Å². The molecule has 132 valence electrons. The number of para-hydroxylation sites is 1. The van der Waals surface area contributed by atoms with Gasteiger partial charge in [-0.3, -0.25) is 5.32 Å². The molecule has 0 radical (unpaired) electrons. The first-order chi connectivity index (χ1) is 12.1. The summed E-state index contributed by atoms with van der Waals surface area (Å²) in [5.74, 6) is -0.999. The molecule has 0 bridgehead atoms. The van der Waals surface area contributed by atoms with Crippen molar-refractivity contribution >= 4 is 21.4 Å². The summed E-state index contributed by atoms with van der Waals surface area (Å²) in [6, 6.07) is 19.9. The van der Waals surface area contributed by atoms with Gasteiger partial charge in [-0.15, -0.1) is 11.3 Å². The summed E-state index contributed by atoms with van der Waals surface area (Å²) in [6.45, 7) is 4.84. The summed E-state index contributed by atoms with van der Waals surface area (Å²) in [5, 5.41) is 15.7. The molecule has 2 aromatic carbocycles. The maximum absolute atomic E-state index is 11.3. The van der Waals surface area contributed by atoms with Gasteiger partial charge < -0.3 is 9.84 Å². The van der Waals surface area contributed by atoms with Crippen molar-refractivity contribution in [2.75, 3.05) is 6.54 Å². The Bertz CT molecular complexity index is 769. The maximum atomic E-state index is 11.3. The molecule has 0 aliphatic carbocycles. The summed E-state index contributed by atoms with van der Waals surface area (Å²) in [7, 11) is 0. The Morgan fingerprint density at radius 3 is 2.56 bits per heavy atom. The minimum absolute atomic E-state index is 0.207. The minimum atomic E-state index is -1.45. The Balaban J connectivity index is 1.88. The van der Waals surface area contributed by atoms with E-state index in [0.717, 1.165) is 17.7 Å². The number of thiophene rings is 1. The van der Waals surface area contributed by atoms with Crippen molar-refractivity contribution in [1.29, 1.82) is 0 Å². The zero-order chi connectivity index (χ0) is 17.7. The van der Waals surface area contributed by atoms with Crippen molar-refractivity contribution < 1.29 is 9.84 Å². The number of ether oxygens (including phenoxy) is 1. The molecular weight excluding hydrogens is 330 g/mol. The van der Waals surface area contributed by atoms with Crippen LogP contribution in [0.3, 0.4) is 0 Å². The second-order valence-corrected chi connectivity index (χ2v) is 7.42. The van der Waals surface area contributed by atoms with E-state index in [-0.39, 0.29) is 5.92 Å². The van der Waals surface area contributed by atoms with Crippen LogP contribution in [0.15, 0.2) is 60.7 Å². The topological polar surface area (TPSA) is 41.5 Å². The summed E-state index contributed by atoms with van der Waals surface area (Å²) in [6.07, 6.45) is 2.05. The average Bonchev–Trinajstić information content (AvgIpc) is 3.06. The third-order valence-electron chi connectivity index (χ3n) is 4.38. The fourth-order valence-corrected chi connectivity index (χ4v) is 3.97.